The van der Waals surface area contributed by atoms with E-state index in [1.54, 1.807) is 12.3 Å². The number of nitrogens with one attached hydrogen (secondary N) is 2. The molecule has 0 fully saturated rings. The van der Waals surface area contributed by atoms with E-state index in [9.17, 15) is 19.3 Å². The molecule has 0 atom stereocenters. The molecule has 0 aliphatic carbocycles. The fraction of sp³-hybridized carbons (Fsp3) is 0.278. The average molecular weight is 391 g/mol. The summed E-state index contributed by atoms with van der Waals surface area (Å²) in [6.07, 6.45) is 2.28. The minimum atomic E-state index is -0.743. The molecule has 0 spiro atoms. The van der Waals surface area contributed by atoms with Gasteiger partial charge in [-0.15, -0.1) is 11.8 Å². The van der Waals surface area contributed by atoms with Crippen LogP contribution in [0.3, 0.4) is 0 Å². The van der Waals surface area contributed by atoms with Crippen LogP contribution in [-0.4, -0.2) is 30.7 Å². The van der Waals surface area contributed by atoms with Crippen molar-refractivity contribution in [3.8, 4) is 5.75 Å². The van der Waals surface area contributed by atoms with Crippen LogP contribution in [-0.2, 0) is 13.0 Å². The first kappa shape index (κ1) is 19.1. The number of nitro benzene ring substituents is 1. The van der Waals surface area contributed by atoms with Gasteiger partial charge < -0.3 is 15.4 Å². The lowest BCUT2D eigenvalue weighted by Crippen LogP contribution is -2.25. The number of benzene rings is 2. The van der Waals surface area contributed by atoms with E-state index in [0.717, 1.165) is 5.56 Å². The molecule has 27 heavy (non-hydrogen) atoms. The average Bonchev–Trinajstić information content (AvgIpc) is 2.69. The van der Waals surface area contributed by atoms with Crippen molar-refractivity contribution in [3.05, 3.63) is 56.9 Å². The van der Waals surface area contributed by atoms with Gasteiger partial charge in [-0.25, -0.2) is 4.39 Å². The number of hydrogen-bond acceptors (Lipinski definition) is 6. The van der Waals surface area contributed by atoms with E-state index in [2.05, 4.69) is 10.6 Å². The molecule has 1 aliphatic heterocycles. The van der Waals surface area contributed by atoms with Gasteiger partial charge in [0.15, 0.2) is 0 Å². The number of nitro groups is 1. The second kappa shape index (κ2) is 7.93. The minimum absolute atomic E-state index is 0.0106. The largest absolute Gasteiger partial charge is 0.495 e. The summed E-state index contributed by atoms with van der Waals surface area (Å²) >= 11 is 1.29. The van der Waals surface area contributed by atoms with Crippen molar-refractivity contribution in [2.24, 2.45) is 0 Å². The molecule has 2 aromatic rings. The molecular formula is C18H18FN3O4S. The number of carbonyl (C=O) groups excluding carboxylic acids is 1. The maximum atomic E-state index is 14.8. The van der Waals surface area contributed by atoms with E-state index in [4.69, 9.17) is 4.74 Å². The fourth-order valence-corrected chi connectivity index (χ4v) is 3.60. The summed E-state index contributed by atoms with van der Waals surface area (Å²) in [6.45, 7) is 1.23. The Labute approximate surface area is 159 Å². The van der Waals surface area contributed by atoms with Crippen molar-refractivity contribution in [1.82, 2.24) is 5.32 Å². The summed E-state index contributed by atoms with van der Waals surface area (Å²) in [7, 11) is 1.40. The zero-order valence-electron chi connectivity index (χ0n) is 14.8. The van der Waals surface area contributed by atoms with Crippen LogP contribution >= 0.6 is 11.8 Å². The number of nitrogens with zero attached hydrogens (tertiary/aromatic N) is 1. The Bertz CT molecular complexity index is 920. The second-order valence-corrected chi connectivity index (χ2v) is 6.78. The van der Waals surface area contributed by atoms with Crippen LogP contribution in [0.1, 0.15) is 21.5 Å². The van der Waals surface area contributed by atoms with Gasteiger partial charge in [-0.1, -0.05) is 6.07 Å². The highest BCUT2D eigenvalue weighted by molar-refractivity contribution is 7.98. The van der Waals surface area contributed by atoms with Crippen LogP contribution in [0.2, 0.25) is 0 Å². The summed E-state index contributed by atoms with van der Waals surface area (Å²) in [5, 5.41) is 17.0. The first-order valence-corrected chi connectivity index (χ1v) is 9.41. The topological polar surface area (TPSA) is 93.5 Å². The smallest absolute Gasteiger partial charge is 0.285 e. The van der Waals surface area contributed by atoms with E-state index in [-0.39, 0.29) is 11.3 Å². The highest BCUT2D eigenvalue weighted by Gasteiger charge is 2.25. The zero-order valence-corrected chi connectivity index (χ0v) is 15.6. The molecule has 1 heterocycles. The van der Waals surface area contributed by atoms with Gasteiger partial charge in [-0.05, 0) is 42.5 Å². The third-order valence-corrected chi connectivity index (χ3v) is 5.16. The zero-order chi connectivity index (χ0) is 19.6. The van der Waals surface area contributed by atoms with E-state index in [1.807, 2.05) is 0 Å². The van der Waals surface area contributed by atoms with E-state index >= 15 is 0 Å². The normalized spacial score (nSPS) is 13.0. The van der Waals surface area contributed by atoms with Crippen LogP contribution < -0.4 is 15.4 Å². The molecule has 0 saturated heterocycles. The van der Waals surface area contributed by atoms with Gasteiger partial charge in [0.25, 0.3) is 11.6 Å². The number of fused-ring (bicyclic) bond motifs is 1. The van der Waals surface area contributed by atoms with Gasteiger partial charge in [-0.3, -0.25) is 14.9 Å². The summed E-state index contributed by atoms with van der Waals surface area (Å²) in [6, 6.07) is 5.81. The predicted octanol–water partition coefficient (Wildman–Crippen LogP) is 3.36. The van der Waals surface area contributed by atoms with Crippen LogP contribution in [0.4, 0.5) is 15.8 Å². The molecular weight excluding hydrogens is 373 g/mol. The summed E-state index contributed by atoms with van der Waals surface area (Å²) in [5.74, 6) is -0.936. The SMILES string of the molecule is COc1cc([N+](=O)[O-])c(C(=O)Nc2ccc3c(c2F)CCNC3)cc1SC. The van der Waals surface area contributed by atoms with E-state index < -0.39 is 22.3 Å². The van der Waals surface area contributed by atoms with Crippen molar-refractivity contribution >= 4 is 29.0 Å². The Morgan fingerprint density at radius 1 is 1.41 bits per heavy atom. The number of anilines is 1. The number of carbonyl (C=O) groups is 1. The summed E-state index contributed by atoms with van der Waals surface area (Å²) in [5.41, 5.74) is 0.863. The first-order chi connectivity index (χ1) is 13.0. The van der Waals surface area contributed by atoms with Gasteiger partial charge in [0, 0.05) is 6.54 Å². The predicted molar refractivity (Wildman–Crippen MR) is 101 cm³/mol. The molecule has 0 unspecified atom stereocenters. The summed E-state index contributed by atoms with van der Waals surface area (Å²) < 4.78 is 19.9. The number of hydrogen-bond donors (Lipinski definition) is 2. The van der Waals surface area contributed by atoms with Crippen LogP contribution in [0.5, 0.6) is 5.75 Å². The molecule has 2 N–H and O–H groups in total. The third-order valence-electron chi connectivity index (χ3n) is 4.40. The molecule has 0 radical (unpaired) electrons. The highest BCUT2D eigenvalue weighted by Crippen LogP contribution is 2.35. The molecule has 142 valence electrons. The van der Waals surface area contributed by atoms with Gasteiger partial charge in [0.2, 0.25) is 0 Å². The quantitative estimate of drug-likeness (QED) is 0.461. The third kappa shape index (κ3) is 3.74. The fourth-order valence-electron chi connectivity index (χ4n) is 3.02. The number of rotatable bonds is 5. The number of halogens is 1. The molecule has 1 aliphatic rings. The Morgan fingerprint density at radius 2 is 2.19 bits per heavy atom. The Hall–Kier alpha value is -2.65. The van der Waals surface area contributed by atoms with Crippen molar-refractivity contribution in [2.45, 2.75) is 17.9 Å². The maximum absolute atomic E-state index is 14.8. The molecule has 0 bridgehead atoms. The molecule has 2 aromatic carbocycles. The monoisotopic (exact) mass is 391 g/mol. The second-order valence-electron chi connectivity index (χ2n) is 5.93. The molecule has 7 nitrogen and oxygen atoms in total. The Morgan fingerprint density at radius 3 is 2.85 bits per heavy atom. The lowest BCUT2D eigenvalue weighted by molar-refractivity contribution is -0.385. The molecule has 1 amide bonds. The van der Waals surface area contributed by atoms with Crippen LogP contribution in [0.25, 0.3) is 0 Å². The molecule has 0 aromatic heterocycles. The van der Waals surface area contributed by atoms with Gasteiger partial charge in [0.1, 0.15) is 17.1 Å². The van der Waals surface area contributed by atoms with Gasteiger partial charge >= 0.3 is 0 Å². The molecule has 3 rings (SSSR count). The minimum Gasteiger partial charge on any atom is -0.495 e. The molecule has 0 saturated carbocycles. The highest BCUT2D eigenvalue weighted by atomic mass is 32.2. The number of thioether (sulfide) groups is 1. The Kier molecular flexibility index (Phi) is 5.62. The lowest BCUT2D eigenvalue weighted by atomic mass is 9.99. The van der Waals surface area contributed by atoms with Crippen LogP contribution in [0, 0.1) is 15.9 Å². The standard InChI is InChI=1S/C18H18FN3O4S/c1-26-15-8-14(22(24)25)12(7-16(15)27-2)18(23)21-13-4-3-10-9-20-6-5-11(10)17(13)19/h3-4,7-8,20H,5-6,9H2,1-2H3,(H,21,23). The van der Waals surface area contributed by atoms with Crippen molar-refractivity contribution in [2.75, 3.05) is 25.2 Å². The van der Waals surface area contributed by atoms with E-state index in [0.29, 0.717) is 35.7 Å². The van der Waals surface area contributed by atoms with Crippen molar-refractivity contribution < 1.29 is 18.8 Å². The summed E-state index contributed by atoms with van der Waals surface area (Å²) in [4.78, 5) is 24.0. The van der Waals surface area contributed by atoms with Crippen LogP contribution in [0.15, 0.2) is 29.2 Å². The van der Waals surface area contributed by atoms with Crippen molar-refractivity contribution in [1.29, 1.82) is 0 Å². The Balaban J connectivity index is 1.98. The number of ether oxygens (including phenoxy) is 1. The van der Waals surface area contributed by atoms with Gasteiger partial charge in [-0.2, -0.15) is 0 Å². The number of methoxy groups -OCH3 is 1. The lowest BCUT2D eigenvalue weighted by Gasteiger charge is -2.19. The number of amides is 1. The first-order valence-electron chi connectivity index (χ1n) is 8.19. The van der Waals surface area contributed by atoms with Crippen molar-refractivity contribution in [3.63, 3.8) is 0 Å². The maximum Gasteiger partial charge on any atom is 0.285 e. The molecule has 9 heteroatoms. The van der Waals surface area contributed by atoms with Gasteiger partial charge in [0.05, 0.1) is 28.7 Å². The van der Waals surface area contributed by atoms with E-state index in [1.165, 1.54) is 37.1 Å².